The second-order valence-electron chi connectivity index (χ2n) is 7.51. The van der Waals surface area contributed by atoms with Crippen LogP contribution in [0, 0.1) is 0 Å². The Morgan fingerprint density at radius 1 is 1.13 bits per heavy atom. The highest BCUT2D eigenvalue weighted by Crippen LogP contribution is 2.36. The normalized spacial score (nSPS) is 14.1. The molecule has 0 spiro atoms. The number of rotatable bonds is 7. The molecule has 1 amide bonds. The quantitative estimate of drug-likeness (QED) is 0.599. The van der Waals surface area contributed by atoms with E-state index in [-0.39, 0.29) is 16.8 Å². The Bertz CT molecular complexity index is 1170. The van der Waals surface area contributed by atoms with E-state index in [4.69, 9.17) is 0 Å². The first-order valence-electron chi connectivity index (χ1n) is 9.65. The molecule has 3 aromatic rings. The van der Waals surface area contributed by atoms with Gasteiger partial charge in [-0.15, -0.1) is 5.10 Å². The number of hydrogen-bond donors (Lipinski definition) is 2. The van der Waals surface area contributed by atoms with Crippen molar-refractivity contribution in [3.8, 4) is 11.4 Å². The molecular weight excluding hydrogens is 404 g/mol. The Labute approximate surface area is 174 Å². The maximum atomic E-state index is 12.6. The molecule has 1 aliphatic carbocycles. The molecule has 0 saturated heterocycles. The van der Waals surface area contributed by atoms with Crippen LogP contribution in [0.1, 0.15) is 43.1 Å². The van der Waals surface area contributed by atoms with Gasteiger partial charge in [-0.25, -0.2) is 17.8 Å². The van der Waals surface area contributed by atoms with E-state index in [0.717, 1.165) is 18.4 Å². The Morgan fingerprint density at radius 2 is 1.87 bits per heavy atom. The summed E-state index contributed by atoms with van der Waals surface area (Å²) in [5.41, 5.74) is 1.76. The van der Waals surface area contributed by atoms with Crippen LogP contribution in [-0.4, -0.2) is 40.6 Å². The fourth-order valence-electron chi connectivity index (χ4n) is 3.05. The molecule has 1 aliphatic rings. The van der Waals surface area contributed by atoms with Crippen molar-refractivity contribution in [3.05, 3.63) is 54.1 Å². The van der Waals surface area contributed by atoms with Crippen LogP contribution in [0.4, 0.5) is 5.69 Å². The third kappa shape index (κ3) is 4.39. The number of sulfonamides is 1. The van der Waals surface area contributed by atoms with Crippen molar-refractivity contribution >= 4 is 21.6 Å². The lowest BCUT2D eigenvalue weighted by Gasteiger charge is -2.10. The molecule has 156 valence electrons. The molecule has 1 aromatic heterocycles. The van der Waals surface area contributed by atoms with Gasteiger partial charge in [-0.1, -0.05) is 12.1 Å². The molecule has 1 heterocycles. The molecule has 0 aliphatic heterocycles. The number of amides is 1. The standard InChI is InChI=1S/C20H22N6O3S/c1-13(2)23-30(28,29)18-10-6-14(7-11-18)20(27)21-16-5-3-4-15(12-16)19-22-24-25-26(19)17-8-9-17/h3-7,10-13,17,23H,8-9H2,1-2H3,(H,21,27). The molecule has 1 saturated carbocycles. The van der Waals surface area contributed by atoms with Crippen LogP contribution >= 0.6 is 0 Å². The second kappa shape index (κ2) is 7.96. The molecular formula is C20H22N6O3S. The van der Waals surface area contributed by atoms with Gasteiger partial charge in [-0.3, -0.25) is 4.79 Å². The minimum atomic E-state index is -3.60. The summed E-state index contributed by atoms with van der Waals surface area (Å²) >= 11 is 0. The van der Waals surface area contributed by atoms with Gasteiger partial charge in [0, 0.05) is 22.9 Å². The minimum Gasteiger partial charge on any atom is -0.322 e. The topological polar surface area (TPSA) is 119 Å². The van der Waals surface area contributed by atoms with Crippen LogP contribution in [0.15, 0.2) is 53.4 Å². The summed E-state index contributed by atoms with van der Waals surface area (Å²) in [6.07, 6.45) is 2.12. The van der Waals surface area contributed by atoms with Gasteiger partial charge >= 0.3 is 0 Å². The lowest BCUT2D eigenvalue weighted by Crippen LogP contribution is -2.30. The maximum Gasteiger partial charge on any atom is 0.255 e. The number of carbonyl (C=O) groups excluding carboxylic acids is 1. The van der Waals surface area contributed by atoms with Gasteiger partial charge in [0.1, 0.15) is 0 Å². The second-order valence-corrected chi connectivity index (χ2v) is 9.23. The van der Waals surface area contributed by atoms with Crippen LogP contribution in [0.2, 0.25) is 0 Å². The first-order chi connectivity index (χ1) is 14.3. The summed E-state index contributed by atoms with van der Waals surface area (Å²) < 4.78 is 28.8. The van der Waals surface area contributed by atoms with E-state index in [1.54, 1.807) is 19.9 Å². The number of benzene rings is 2. The van der Waals surface area contributed by atoms with Gasteiger partial charge in [-0.05, 0) is 73.5 Å². The van der Waals surface area contributed by atoms with Gasteiger partial charge in [0.15, 0.2) is 5.82 Å². The number of carbonyl (C=O) groups is 1. The van der Waals surface area contributed by atoms with Crippen molar-refractivity contribution in [2.45, 2.75) is 43.7 Å². The van der Waals surface area contributed by atoms with Crippen molar-refractivity contribution in [2.24, 2.45) is 0 Å². The molecule has 2 aromatic carbocycles. The van der Waals surface area contributed by atoms with Crippen LogP contribution < -0.4 is 10.0 Å². The Kier molecular flexibility index (Phi) is 5.35. The van der Waals surface area contributed by atoms with Crippen molar-refractivity contribution in [2.75, 3.05) is 5.32 Å². The van der Waals surface area contributed by atoms with Crippen LogP contribution in [0.25, 0.3) is 11.4 Å². The monoisotopic (exact) mass is 426 g/mol. The number of hydrogen-bond acceptors (Lipinski definition) is 6. The van der Waals surface area contributed by atoms with E-state index >= 15 is 0 Å². The third-order valence-electron chi connectivity index (χ3n) is 4.58. The zero-order valence-corrected chi connectivity index (χ0v) is 17.4. The highest BCUT2D eigenvalue weighted by Gasteiger charge is 2.28. The van der Waals surface area contributed by atoms with E-state index < -0.39 is 10.0 Å². The molecule has 10 heteroatoms. The van der Waals surface area contributed by atoms with E-state index in [0.29, 0.717) is 23.1 Å². The molecule has 9 nitrogen and oxygen atoms in total. The summed E-state index contributed by atoms with van der Waals surface area (Å²) in [5.74, 6) is 0.329. The van der Waals surface area contributed by atoms with Gasteiger partial charge in [0.2, 0.25) is 10.0 Å². The SMILES string of the molecule is CC(C)NS(=O)(=O)c1ccc(C(=O)Nc2cccc(-c3nnnn3C3CC3)c2)cc1. The zero-order valence-electron chi connectivity index (χ0n) is 16.6. The van der Waals surface area contributed by atoms with E-state index in [1.807, 2.05) is 22.9 Å². The molecule has 2 N–H and O–H groups in total. The predicted octanol–water partition coefficient (Wildman–Crippen LogP) is 2.61. The van der Waals surface area contributed by atoms with Crippen molar-refractivity contribution in [3.63, 3.8) is 0 Å². The van der Waals surface area contributed by atoms with Gasteiger partial charge in [0.05, 0.1) is 10.9 Å². The smallest absolute Gasteiger partial charge is 0.255 e. The highest BCUT2D eigenvalue weighted by atomic mass is 32.2. The van der Waals surface area contributed by atoms with Crippen molar-refractivity contribution in [1.29, 1.82) is 0 Å². The summed E-state index contributed by atoms with van der Waals surface area (Å²) in [6.45, 7) is 3.49. The van der Waals surface area contributed by atoms with Gasteiger partial charge in [-0.2, -0.15) is 0 Å². The highest BCUT2D eigenvalue weighted by molar-refractivity contribution is 7.89. The average Bonchev–Trinajstić information content (AvgIpc) is 3.43. The van der Waals surface area contributed by atoms with Crippen LogP contribution in [-0.2, 0) is 10.0 Å². The molecule has 0 unspecified atom stereocenters. The lowest BCUT2D eigenvalue weighted by atomic mass is 10.1. The molecule has 0 atom stereocenters. The Morgan fingerprint density at radius 3 is 2.53 bits per heavy atom. The summed E-state index contributed by atoms with van der Waals surface area (Å²) in [4.78, 5) is 12.7. The molecule has 1 fully saturated rings. The van der Waals surface area contributed by atoms with Gasteiger partial charge < -0.3 is 5.32 Å². The third-order valence-corrected chi connectivity index (χ3v) is 6.26. The van der Waals surface area contributed by atoms with Gasteiger partial charge in [0.25, 0.3) is 5.91 Å². The average molecular weight is 427 g/mol. The zero-order chi connectivity index (χ0) is 21.3. The number of nitrogens with one attached hydrogen (secondary N) is 2. The first kappa shape index (κ1) is 20.2. The number of aromatic nitrogens is 4. The Hall–Kier alpha value is -3.11. The minimum absolute atomic E-state index is 0.113. The van der Waals surface area contributed by atoms with Crippen LogP contribution in [0.5, 0.6) is 0 Å². The van der Waals surface area contributed by atoms with Crippen LogP contribution in [0.3, 0.4) is 0 Å². The predicted molar refractivity (Wildman–Crippen MR) is 111 cm³/mol. The lowest BCUT2D eigenvalue weighted by molar-refractivity contribution is 0.102. The van der Waals surface area contributed by atoms with E-state index in [2.05, 4.69) is 25.6 Å². The Balaban J connectivity index is 1.50. The maximum absolute atomic E-state index is 12.6. The fraction of sp³-hybridized carbons (Fsp3) is 0.300. The van der Waals surface area contributed by atoms with E-state index in [9.17, 15) is 13.2 Å². The van der Waals surface area contributed by atoms with E-state index in [1.165, 1.54) is 24.3 Å². The first-order valence-corrected chi connectivity index (χ1v) is 11.1. The molecule has 0 radical (unpaired) electrons. The number of tetrazole rings is 1. The fourth-order valence-corrected chi connectivity index (χ4v) is 4.30. The largest absolute Gasteiger partial charge is 0.322 e. The number of anilines is 1. The van der Waals surface area contributed by atoms with Crippen molar-refractivity contribution in [1.82, 2.24) is 24.9 Å². The van der Waals surface area contributed by atoms with Crippen molar-refractivity contribution < 1.29 is 13.2 Å². The summed E-state index contributed by atoms with van der Waals surface area (Å²) in [6, 6.07) is 13.2. The molecule has 4 rings (SSSR count). The molecule has 30 heavy (non-hydrogen) atoms. The molecule has 0 bridgehead atoms. The summed E-state index contributed by atoms with van der Waals surface area (Å²) in [7, 11) is -3.60. The number of nitrogens with zero attached hydrogens (tertiary/aromatic N) is 4. The summed E-state index contributed by atoms with van der Waals surface area (Å²) in [5, 5.41) is 14.8.